The van der Waals surface area contributed by atoms with Crippen molar-refractivity contribution >= 4 is 33.6 Å². The van der Waals surface area contributed by atoms with Gasteiger partial charge in [0.15, 0.2) is 5.16 Å². The van der Waals surface area contributed by atoms with Gasteiger partial charge in [0.2, 0.25) is 0 Å². The number of nitriles is 1. The van der Waals surface area contributed by atoms with Gasteiger partial charge in [0.25, 0.3) is 0 Å². The molecule has 3 rings (SSSR count). The van der Waals surface area contributed by atoms with Crippen molar-refractivity contribution in [2.24, 2.45) is 0 Å². The standard InChI is InChI=1S/C14H13N5S/c1-8(2)19-13-11(7-17-19)9(5-15)4-10-6-16-14(20-3)18-12(10)13/h4,6-8H,1-3H3. The average Bonchev–Trinajstić information content (AvgIpc) is 2.91. The fourth-order valence-electron chi connectivity index (χ4n) is 2.28. The molecule has 0 amide bonds. The molecule has 0 bridgehead atoms. The zero-order chi connectivity index (χ0) is 14.3. The molecule has 0 aliphatic rings. The number of thioether (sulfide) groups is 1. The lowest BCUT2D eigenvalue weighted by Crippen LogP contribution is -2.03. The molecular formula is C14H13N5S. The van der Waals surface area contributed by atoms with Gasteiger partial charge in [-0.2, -0.15) is 10.4 Å². The van der Waals surface area contributed by atoms with Crippen molar-refractivity contribution < 1.29 is 0 Å². The molecule has 0 saturated carbocycles. The molecule has 1 aromatic carbocycles. The molecular weight excluding hydrogens is 270 g/mol. The van der Waals surface area contributed by atoms with Crippen molar-refractivity contribution in [2.75, 3.05) is 6.26 Å². The van der Waals surface area contributed by atoms with E-state index in [0.29, 0.717) is 5.56 Å². The summed E-state index contributed by atoms with van der Waals surface area (Å²) in [5.41, 5.74) is 2.37. The van der Waals surface area contributed by atoms with Crippen molar-refractivity contribution in [2.45, 2.75) is 25.0 Å². The molecule has 0 N–H and O–H groups in total. The van der Waals surface area contributed by atoms with Crippen LogP contribution >= 0.6 is 11.8 Å². The summed E-state index contributed by atoms with van der Waals surface area (Å²) in [6.07, 6.45) is 5.46. The van der Waals surface area contributed by atoms with Crippen molar-refractivity contribution in [3.63, 3.8) is 0 Å². The van der Waals surface area contributed by atoms with Crippen LogP contribution < -0.4 is 0 Å². The molecule has 0 aliphatic carbocycles. The molecule has 20 heavy (non-hydrogen) atoms. The maximum absolute atomic E-state index is 9.31. The van der Waals surface area contributed by atoms with E-state index in [1.807, 2.05) is 17.0 Å². The largest absolute Gasteiger partial charge is 0.260 e. The van der Waals surface area contributed by atoms with E-state index in [9.17, 15) is 5.26 Å². The Balaban J connectivity index is 2.52. The second kappa shape index (κ2) is 4.76. The van der Waals surface area contributed by atoms with Gasteiger partial charge in [-0.3, -0.25) is 4.68 Å². The molecule has 100 valence electrons. The normalized spacial score (nSPS) is 11.3. The van der Waals surface area contributed by atoms with E-state index in [4.69, 9.17) is 0 Å². The zero-order valence-corrected chi connectivity index (χ0v) is 12.3. The van der Waals surface area contributed by atoms with Crippen LogP contribution in [0.5, 0.6) is 0 Å². The van der Waals surface area contributed by atoms with Crippen LogP contribution in [-0.2, 0) is 0 Å². The molecule has 5 nitrogen and oxygen atoms in total. The number of benzene rings is 1. The van der Waals surface area contributed by atoms with Crippen LogP contribution in [0.15, 0.2) is 23.6 Å². The Morgan fingerprint density at radius 2 is 2.15 bits per heavy atom. The van der Waals surface area contributed by atoms with Gasteiger partial charge in [-0.1, -0.05) is 11.8 Å². The van der Waals surface area contributed by atoms with Crippen LogP contribution in [0.1, 0.15) is 25.5 Å². The quantitative estimate of drug-likeness (QED) is 0.534. The summed E-state index contributed by atoms with van der Waals surface area (Å²) in [5.74, 6) is 0. The Kier molecular flexibility index (Phi) is 3.07. The molecule has 2 heterocycles. The van der Waals surface area contributed by atoms with E-state index in [2.05, 4.69) is 35.0 Å². The molecule has 0 radical (unpaired) electrons. The van der Waals surface area contributed by atoms with E-state index in [-0.39, 0.29) is 6.04 Å². The van der Waals surface area contributed by atoms with E-state index in [1.54, 1.807) is 12.4 Å². The van der Waals surface area contributed by atoms with Gasteiger partial charge in [-0.25, -0.2) is 9.97 Å². The third kappa shape index (κ3) is 1.82. The van der Waals surface area contributed by atoms with Gasteiger partial charge in [0, 0.05) is 23.0 Å². The Bertz CT molecular complexity index is 844. The Morgan fingerprint density at radius 3 is 2.80 bits per heavy atom. The van der Waals surface area contributed by atoms with Crippen LogP contribution in [0, 0.1) is 11.3 Å². The molecule has 0 unspecified atom stereocenters. The van der Waals surface area contributed by atoms with Crippen molar-refractivity contribution in [3.05, 3.63) is 24.0 Å². The Morgan fingerprint density at radius 1 is 1.35 bits per heavy atom. The molecule has 0 fully saturated rings. The zero-order valence-electron chi connectivity index (χ0n) is 11.5. The predicted molar refractivity (Wildman–Crippen MR) is 79.7 cm³/mol. The lowest BCUT2D eigenvalue weighted by molar-refractivity contribution is 0.551. The summed E-state index contributed by atoms with van der Waals surface area (Å²) < 4.78 is 1.91. The second-order valence-electron chi connectivity index (χ2n) is 4.78. The highest BCUT2D eigenvalue weighted by Gasteiger charge is 2.15. The summed E-state index contributed by atoms with van der Waals surface area (Å²) in [4.78, 5) is 8.87. The van der Waals surface area contributed by atoms with Gasteiger partial charge < -0.3 is 0 Å². The van der Waals surface area contributed by atoms with Crippen molar-refractivity contribution in [1.82, 2.24) is 19.7 Å². The number of fused-ring (bicyclic) bond motifs is 3. The monoisotopic (exact) mass is 283 g/mol. The smallest absolute Gasteiger partial charge is 0.187 e. The van der Waals surface area contributed by atoms with Gasteiger partial charge in [-0.05, 0) is 26.2 Å². The fraction of sp³-hybridized carbons (Fsp3) is 0.286. The number of aromatic nitrogens is 4. The summed E-state index contributed by atoms with van der Waals surface area (Å²) in [7, 11) is 0. The Hall–Kier alpha value is -2.13. The topological polar surface area (TPSA) is 67.4 Å². The van der Waals surface area contributed by atoms with E-state index in [0.717, 1.165) is 27.0 Å². The summed E-state index contributed by atoms with van der Waals surface area (Å²) in [5, 5.41) is 16.2. The van der Waals surface area contributed by atoms with Crippen molar-refractivity contribution in [1.29, 1.82) is 5.26 Å². The molecule has 6 heteroatoms. The minimum absolute atomic E-state index is 0.206. The SMILES string of the molecule is CSc1ncc2cc(C#N)c3cnn(C(C)C)c3c2n1. The second-order valence-corrected chi connectivity index (χ2v) is 5.55. The highest BCUT2D eigenvalue weighted by molar-refractivity contribution is 7.98. The van der Waals surface area contributed by atoms with Crippen LogP contribution in [0.4, 0.5) is 0 Å². The van der Waals surface area contributed by atoms with Crippen LogP contribution in [-0.4, -0.2) is 26.0 Å². The first kappa shape index (κ1) is 12.9. The highest BCUT2D eigenvalue weighted by Crippen LogP contribution is 2.29. The molecule has 0 spiro atoms. The van der Waals surface area contributed by atoms with Gasteiger partial charge >= 0.3 is 0 Å². The third-order valence-electron chi connectivity index (χ3n) is 3.20. The molecule has 2 aromatic heterocycles. The predicted octanol–water partition coefficient (Wildman–Crippen LogP) is 3.15. The van der Waals surface area contributed by atoms with Crippen LogP contribution in [0.3, 0.4) is 0 Å². The fourth-order valence-corrected chi connectivity index (χ4v) is 2.62. The number of hydrogen-bond acceptors (Lipinski definition) is 5. The van der Waals surface area contributed by atoms with Gasteiger partial charge in [0.1, 0.15) is 5.52 Å². The maximum atomic E-state index is 9.31. The minimum Gasteiger partial charge on any atom is -0.260 e. The summed E-state index contributed by atoms with van der Waals surface area (Å²) in [6.45, 7) is 4.13. The first-order chi connectivity index (χ1) is 9.65. The summed E-state index contributed by atoms with van der Waals surface area (Å²) >= 11 is 1.50. The van der Waals surface area contributed by atoms with Crippen molar-refractivity contribution in [3.8, 4) is 6.07 Å². The first-order valence-electron chi connectivity index (χ1n) is 6.26. The first-order valence-corrected chi connectivity index (χ1v) is 7.49. The number of hydrogen-bond donors (Lipinski definition) is 0. The van der Waals surface area contributed by atoms with E-state index >= 15 is 0 Å². The number of rotatable bonds is 2. The molecule has 0 saturated heterocycles. The van der Waals surface area contributed by atoms with Gasteiger partial charge in [-0.15, -0.1) is 0 Å². The maximum Gasteiger partial charge on any atom is 0.187 e. The van der Waals surface area contributed by atoms with Crippen LogP contribution in [0.25, 0.3) is 21.8 Å². The van der Waals surface area contributed by atoms with E-state index < -0.39 is 0 Å². The Labute approximate surface area is 120 Å². The highest BCUT2D eigenvalue weighted by atomic mass is 32.2. The third-order valence-corrected chi connectivity index (χ3v) is 3.76. The summed E-state index contributed by atoms with van der Waals surface area (Å²) in [6, 6.07) is 4.26. The average molecular weight is 283 g/mol. The van der Waals surface area contributed by atoms with Crippen LogP contribution in [0.2, 0.25) is 0 Å². The lowest BCUT2D eigenvalue weighted by Gasteiger charge is -2.09. The van der Waals surface area contributed by atoms with Gasteiger partial charge in [0.05, 0.1) is 23.3 Å². The molecule has 0 atom stereocenters. The molecule has 3 aromatic rings. The minimum atomic E-state index is 0.206. The molecule has 0 aliphatic heterocycles. The van der Waals surface area contributed by atoms with E-state index in [1.165, 1.54) is 11.8 Å². The number of nitrogens with zero attached hydrogens (tertiary/aromatic N) is 5. The lowest BCUT2D eigenvalue weighted by atomic mass is 10.1.